The van der Waals surface area contributed by atoms with Crippen LogP contribution in [0.5, 0.6) is 0 Å². The van der Waals surface area contributed by atoms with Gasteiger partial charge in [-0.2, -0.15) is 0 Å². The standard InChI is InChI=1S/C13H21N/c1-4-12-7-9-13(10-8-12)6-5-11(2)14-3/h7-9,13H,4-6,10H2,1-3H3. The molecule has 1 aliphatic rings. The van der Waals surface area contributed by atoms with Gasteiger partial charge in [0.05, 0.1) is 0 Å². The Labute approximate surface area is 87.6 Å². The summed E-state index contributed by atoms with van der Waals surface area (Å²) >= 11 is 0. The molecule has 0 aromatic carbocycles. The maximum absolute atomic E-state index is 4.18. The van der Waals surface area contributed by atoms with Crippen LogP contribution in [0.4, 0.5) is 0 Å². The first kappa shape index (κ1) is 11.2. The molecule has 1 aliphatic carbocycles. The lowest BCUT2D eigenvalue weighted by Gasteiger charge is -2.15. The predicted molar refractivity (Wildman–Crippen MR) is 63.9 cm³/mol. The van der Waals surface area contributed by atoms with Crippen LogP contribution in [-0.4, -0.2) is 12.8 Å². The van der Waals surface area contributed by atoms with Crippen LogP contribution in [0.1, 0.15) is 39.5 Å². The summed E-state index contributed by atoms with van der Waals surface area (Å²) in [5.41, 5.74) is 2.76. The molecule has 0 fully saturated rings. The van der Waals surface area contributed by atoms with Crippen LogP contribution in [0.15, 0.2) is 28.8 Å². The molecule has 0 saturated heterocycles. The Hall–Kier alpha value is -0.850. The van der Waals surface area contributed by atoms with Gasteiger partial charge >= 0.3 is 0 Å². The van der Waals surface area contributed by atoms with Gasteiger partial charge in [0, 0.05) is 12.8 Å². The fourth-order valence-electron chi connectivity index (χ4n) is 1.69. The monoisotopic (exact) mass is 191 g/mol. The summed E-state index contributed by atoms with van der Waals surface area (Å²) in [6.45, 7) is 4.32. The normalized spacial score (nSPS) is 22.4. The molecule has 0 spiro atoms. The number of aliphatic imine (C=N–C) groups is 1. The third-order valence-electron chi connectivity index (χ3n) is 2.93. The average molecular weight is 191 g/mol. The molecule has 0 aromatic heterocycles. The highest BCUT2D eigenvalue weighted by Gasteiger charge is 2.07. The summed E-state index contributed by atoms with van der Waals surface area (Å²) in [4.78, 5) is 4.18. The molecule has 14 heavy (non-hydrogen) atoms. The summed E-state index contributed by atoms with van der Waals surface area (Å²) in [5, 5.41) is 0. The van der Waals surface area contributed by atoms with E-state index in [0.717, 1.165) is 12.3 Å². The lowest BCUT2D eigenvalue weighted by Crippen LogP contribution is -2.02. The molecule has 0 heterocycles. The van der Waals surface area contributed by atoms with Crippen LogP contribution in [0.25, 0.3) is 0 Å². The molecule has 1 unspecified atom stereocenters. The topological polar surface area (TPSA) is 12.4 Å². The van der Waals surface area contributed by atoms with Gasteiger partial charge in [0.2, 0.25) is 0 Å². The van der Waals surface area contributed by atoms with Crippen LogP contribution in [0.3, 0.4) is 0 Å². The zero-order chi connectivity index (χ0) is 10.4. The minimum atomic E-state index is 0.738. The summed E-state index contributed by atoms with van der Waals surface area (Å²) in [5.74, 6) is 0.738. The number of rotatable bonds is 4. The fraction of sp³-hybridized carbons (Fsp3) is 0.615. The van der Waals surface area contributed by atoms with Gasteiger partial charge in [-0.1, -0.05) is 30.7 Å². The Morgan fingerprint density at radius 3 is 2.86 bits per heavy atom. The third kappa shape index (κ3) is 3.49. The quantitative estimate of drug-likeness (QED) is 0.600. The van der Waals surface area contributed by atoms with Crippen molar-refractivity contribution in [2.75, 3.05) is 7.05 Å². The SMILES string of the molecule is CCC1=CCC(CCC(C)=NC)C=C1. The molecule has 1 rings (SSSR count). The van der Waals surface area contributed by atoms with Crippen molar-refractivity contribution >= 4 is 5.71 Å². The molecule has 0 aromatic rings. The van der Waals surface area contributed by atoms with Gasteiger partial charge < -0.3 is 0 Å². The summed E-state index contributed by atoms with van der Waals surface area (Å²) in [6.07, 6.45) is 11.8. The van der Waals surface area contributed by atoms with E-state index in [1.807, 2.05) is 7.05 Å². The van der Waals surface area contributed by atoms with E-state index < -0.39 is 0 Å². The molecular formula is C13H21N. The molecule has 0 N–H and O–H groups in total. The van der Waals surface area contributed by atoms with E-state index in [2.05, 4.69) is 37.1 Å². The second-order valence-corrected chi connectivity index (χ2v) is 3.99. The Kier molecular flexibility index (Phi) is 4.64. The Morgan fingerprint density at radius 1 is 1.57 bits per heavy atom. The van der Waals surface area contributed by atoms with E-state index >= 15 is 0 Å². The third-order valence-corrected chi connectivity index (χ3v) is 2.93. The molecule has 0 bridgehead atoms. The Bertz CT molecular complexity index is 258. The fourth-order valence-corrected chi connectivity index (χ4v) is 1.69. The van der Waals surface area contributed by atoms with E-state index in [1.165, 1.54) is 30.5 Å². The predicted octanol–water partition coefficient (Wildman–Crippen LogP) is 3.77. The smallest absolute Gasteiger partial charge is 0.0276 e. The highest BCUT2D eigenvalue weighted by Crippen LogP contribution is 2.22. The highest BCUT2D eigenvalue weighted by molar-refractivity contribution is 5.81. The van der Waals surface area contributed by atoms with Crippen molar-refractivity contribution in [2.24, 2.45) is 10.9 Å². The van der Waals surface area contributed by atoms with Gasteiger partial charge in [0.15, 0.2) is 0 Å². The van der Waals surface area contributed by atoms with E-state index in [-0.39, 0.29) is 0 Å². The van der Waals surface area contributed by atoms with Crippen molar-refractivity contribution < 1.29 is 0 Å². The average Bonchev–Trinajstić information content (AvgIpc) is 2.26. The first-order valence-corrected chi connectivity index (χ1v) is 5.55. The summed E-state index contributed by atoms with van der Waals surface area (Å²) < 4.78 is 0. The highest BCUT2D eigenvalue weighted by atomic mass is 14.7. The van der Waals surface area contributed by atoms with Gasteiger partial charge in [-0.15, -0.1) is 0 Å². The molecular weight excluding hydrogens is 170 g/mol. The van der Waals surface area contributed by atoms with Crippen LogP contribution < -0.4 is 0 Å². The molecule has 1 heteroatoms. The molecule has 1 atom stereocenters. The van der Waals surface area contributed by atoms with E-state index in [9.17, 15) is 0 Å². The number of hydrogen-bond donors (Lipinski definition) is 0. The van der Waals surface area contributed by atoms with Gasteiger partial charge in [-0.3, -0.25) is 4.99 Å². The lowest BCUT2D eigenvalue weighted by atomic mass is 9.91. The zero-order valence-corrected chi connectivity index (χ0v) is 9.59. The van der Waals surface area contributed by atoms with Crippen LogP contribution in [0, 0.1) is 5.92 Å². The molecule has 0 aliphatic heterocycles. The van der Waals surface area contributed by atoms with Gasteiger partial charge in [-0.05, 0) is 38.5 Å². The lowest BCUT2D eigenvalue weighted by molar-refractivity contribution is 0.606. The second kappa shape index (κ2) is 5.79. The van der Waals surface area contributed by atoms with Gasteiger partial charge in [0.25, 0.3) is 0 Å². The van der Waals surface area contributed by atoms with Crippen LogP contribution >= 0.6 is 0 Å². The minimum Gasteiger partial charge on any atom is -0.298 e. The first-order valence-electron chi connectivity index (χ1n) is 5.55. The van der Waals surface area contributed by atoms with Crippen molar-refractivity contribution in [1.82, 2.24) is 0 Å². The number of allylic oxidation sites excluding steroid dienone is 4. The maximum Gasteiger partial charge on any atom is 0.0276 e. The molecule has 0 amide bonds. The van der Waals surface area contributed by atoms with E-state index in [0.29, 0.717) is 0 Å². The zero-order valence-electron chi connectivity index (χ0n) is 9.59. The van der Waals surface area contributed by atoms with Crippen molar-refractivity contribution in [3.8, 4) is 0 Å². The summed E-state index contributed by atoms with van der Waals surface area (Å²) in [7, 11) is 1.88. The van der Waals surface area contributed by atoms with Gasteiger partial charge in [-0.25, -0.2) is 0 Å². The molecule has 0 radical (unpaired) electrons. The van der Waals surface area contributed by atoms with Gasteiger partial charge in [0.1, 0.15) is 0 Å². The largest absolute Gasteiger partial charge is 0.298 e. The van der Waals surface area contributed by atoms with E-state index in [1.54, 1.807) is 0 Å². The minimum absolute atomic E-state index is 0.738. The molecule has 78 valence electrons. The van der Waals surface area contributed by atoms with Crippen LogP contribution in [0.2, 0.25) is 0 Å². The van der Waals surface area contributed by atoms with Crippen molar-refractivity contribution in [3.63, 3.8) is 0 Å². The summed E-state index contributed by atoms with van der Waals surface area (Å²) in [6, 6.07) is 0. The number of hydrogen-bond acceptors (Lipinski definition) is 1. The van der Waals surface area contributed by atoms with E-state index in [4.69, 9.17) is 0 Å². The second-order valence-electron chi connectivity index (χ2n) is 3.99. The maximum atomic E-state index is 4.18. The van der Waals surface area contributed by atoms with Crippen molar-refractivity contribution in [1.29, 1.82) is 0 Å². The Morgan fingerprint density at radius 2 is 2.36 bits per heavy atom. The number of nitrogens with zero attached hydrogens (tertiary/aromatic N) is 1. The van der Waals surface area contributed by atoms with Crippen molar-refractivity contribution in [3.05, 3.63) is 23.8 Å². The van der Waals surface area contributed by atoms with Crippen LogP contribution in [-0.2, 0) is 0 Å². The molecule has 1 nitrogen and oxygen atoms in total. The Balaban J connectivity index is 2.31. The molecule has 0 saturated carbocycles. The first-order chi connectivity index (χ1) is 6.76. The van der Waals surface area contributed by atoms with Crippen molar-refractivity contribution in [2.45, 2.75) is 39.5 Å².